The molecule has 0 aliphatic heterocycles. The summed E-state index contributed by atoms with van der Waals surface area (Å²) >= 11 is 0. The number of hydrogen-bond acceptors (Lipinski definition) is 4. The van der Waals surface area contributed by atoms with Crippen LogP contribution in [-0.4, -0.2) is 9.97 Å². The van der Waals surface area contributed by atoms with E-state index < -0.39 is 17.5 Å². The Morgan fingerprint density at radius 2 is 1.70 bits per heavy atom. The highest BCUT2D eigenvalue weighted by atomic mass is 19.2. The minimum atomic E-state index is -1.51. The number of hydrazine groups is 1. The molecule has 0 bridgehead atoms. The van der Waals surface area contributed by atoms with Crippen LogP contribution in [0.3, 0.4) is 0 Å². The first-order chi connectivity index (χ1) is 9.58. The van der Waals surface area contributed by atoms with E-state index in [0.717, 1.165) is 30.7 Å². The van der Waals surface area contributed by atoms with Crippen LogP contribution in [0.5, 0.6) is 0 Å². The fraction of sp³-hybridized carbons (Fsp3) is 0.231. The van der Waals surface area contributed by atoms with Crippen molar-refractivity contribution in [2.24, 2.45) is 5.84 Å². The highest BCUT2D eigenvalue weighted by Gasteiger charge is 2.26. The van der Waals surface area contributed by atoms with E-state index in [1.807, 2.05) is 0 Å². The summed E-state index contributed by atoms with van der Waals surface area (Å²) in [5, 5.41) is 0. The van der Waals surface area contributed by atoms with Crippen molar-refractivity contribution in [3.63, 3.8) is 0 Å². The number of nitrogens with zero attached hydrogens (tertiary/aromatic N) is 2. The van der Waals surface area contributed by atoms with Crippen LogP contribution >= 0.6 is 0 Å². The molecule has 2 aromatic rings. The Morgan fingerprint density at radius 3 is 2.25 bits per heavy atom. The number of halogens is 3. The van der Waals surface area contributed by atoms with E-state index in [1.165, 1.54) is 0 Å². The summed E-state index contributed by atoms with van der Waals surface area (Å²) in [5.41, 5.74) is 3.22. The molecule has 1 aromatic heterocycles. The Hall–Kier alpha value is -2.15. The summed E-state index contributed by atoms with van der Waals surface area (Å²) in [7, 11) is 0. The van der Waals surface area contributed by atoms with Crippen LogP contribution in [0.25, 0.3) is 11.4 Å². The third-order valence-electron chi connectivity index (χ3n) is 3.13. The monoisotopic (exact) mass is 280 g/mol. The first kappa shape index (κ1) is 12.9. The SMILES string of the molecule is NNc1cc(C2CC2)nc(-c2cc(F)c(F)c(F)c2)n1. The topological polar surface area (TPSA) is 63.8 Å². The zero-order valence-corrected chi connectivity index (χ0v) is 10.3. The molecular weight excluding hydrogens is 269 g/mol. The summed E-state index contributed by atoms with van der Waals surface area (Å²) < 4.78 is 39.5. The number of aromatic nitrogens is 2. The molecule has 1 aromatic carbocycles. The third-order valence-corrected chi connectivity index (χ3v) is 3.13. The minimum absolute atomic E-state index is 0.0698. The maximum absolute atomic E-state index is 13.3. The zero-order chi connectivity index (χ0) is 14.3. The van der Waals surface area contributed by atoms with E-state index in [2.05, 4.69) is 15.4 Å². The van der Waals surface area contributed by atoms with Crippen LogP contribution in [0.15, 0.2) is 18.2 Å². The van der Waals surface area contributed by atoms with E-state index in [1.54, 1.807) is 6.07 Å². The van der Waals surface area contributed by atoms with Gasteiger partial charge in [0.15, 0.2) is 23.3 Å². The van der Waals surface area contributed by atoms with Gasteiger partial charge in [-0.1, -0.05) is 0 Å². The van der Waals surface area contributed by atoms with Gasteiger partial charge >= 0.3 is 0 Å². The number of nitrogens with two attached hydrogens (primary N) is 1. The Morgan fingerprint density at radius 1 is 1.05 bits per heavy atom. The smallest absolute Gasteiger partial charge is 0.194 e. The van der Waals surface area contributed by atoms with E-state index in [9.17, 15) is 13.2 Å². The van der Waals surface area contributed by atoms with E-state index in [4.69, 9.17) is 5.84 Å². The lowest BCUT2D eigenvalue weighted by molar-refractivity contribution is 0.447. The van der Waals surface area contributed by atoms with Crippen molar-refractivity contribution in [1.29, 1.82) is 0 Å². The highest BCUT2D eigenvalue weighted by molar-refractivity contribution is 5.58. The molecule has 1 aliphatic carbocycles. The number of nitrogen functional groups attached to an aromatic ring is 1. The van der Waals surface area contributed by atoms with Gasteiger partial charge in [-0.15, -0.1) is 0 Å². The Kier molecular flexibility index (Phi) is 3.06. The van der Waals surface area contributed by atoms with Crippen LogP contribution in [-0.2, 0) is 0 Å². The van der Waals surface area contributed by atoms with Crippen molar-refractivity contribution in [3.05, 3.63) is 41.3 Å². The van der Waals surface area contributed by atoms with Crippen molar-refractivity contribution in [2.75, 3.05) is 5.43 Å². The molecule has 1 heterocycles. The van der Waals surface area contributed by atoms with Gasteiger partial charge in [0.2, 0.25) is 0 Å². The molecule has 0 atom stereocenters. The molecule has 1 aliphatic rings. The molecular formula is C13H11F3N4. The maximum Gasteiger partial charge on any atom is 0.194 e. The van der Waals surface area contributed by atoms with E-state index in [0.29, 0.717) is 11.7 Å². The molecule has 4 nitrogen and oxygen atoms in total. The number of hydrogen-bond donors (Lipinski definition) is 2. The second kappa shape index (κ2) is 4.75. The van der Waals surface area contributed by atoms with Gasteiger partial charge < -0.3 is 5.43 Å². The molecule has 1 fully saturated rings. The largest absolute Gasteiger partial charge is 0.308 e. The predicted molar refractivity (Wildman–Crippen MR) is 67.1 cm³/mol. The summed E-state index contributed by atoms with van der Waals surface area (Å²) in [6.45, 7) is 0. The number of benzene rings is 1. The van der Waals surface area contributed by atoms with Gasteiger partial charge in [0.1, 0.15) is 5.82 Å². The van der Waals surface area contributed by atoms with Crippen molar-refractivity contribution in [2.45, 2.75) is 18.8 Å². The Bertz CT molecular complexity index is 648. The van der Waals surface area contributed by atoms with E-state index in [-0.39, 0.29) is 11.4 Å². The molecule has 1 saturated carbocycles. The summed E-state index contributed by atoms with van der Waals surface area (Å²) in [5.74, 6) is 2.04. The lowest BCUT2D eigenvalue weighted by atomic mass is 10.1. The maximum atomic E-state index is 13.3. The van der Waals surface area contributed by atoms with Gasteiger partial charge in [-0.25, -0.2) is 29.0 Å². The number of nitrogens with one attached hydrogen (secondary N) is 1. The number of anilines is 1. The van der Waals surface area contributed by atoms with Crippen LogP contribution < -0.4 is 11.3 Å². The van der Waals surface area contributed by atoms with Gasteiger partial charge in [0, 0.05) is 23.2 Å². The van der Waals surface area contributed by atoms with Crippen LogP contribution in [0, 0.1) is 17.5 Å². The standard InChI is InChI=1S/C13H11F3N4/c14-8-3-7(4-9(15)12(8)16)13-18-10(6-1-2-6)5-11(19-13)20-17/h3-6H,1-2,17H2,(H,18,19,20). The molecule has 3 rings (SSSR count). The van der Waals surface area contributed by atoms with Crippen LogP contribution in [0.1, 0.15) is 24.5 Å². The Balaban J connectivity index is 2.11. The first-order valence-electron chi connectivity index (χ1n) is 6.09. The average molecular weight is 280 g/mol. The van der Waals surface area contributed by atoms with Crippen LogP contribution in [0.2, 0.25) is 0 Å². The molecule has 104 valence electrons. The summed E-state index contributed by atoms with van der Waals surface area (Å²) in [6.07, 6.45) is 2.01. The predicted octanol–water partition coefficient (Wildman–Crippen LogP) is 2.72. The summed E-state index contributed by atoms with van der Waals surface area (Å²) in [4.78, 5) is 8.30. The molecule has 7 heteroatoms. The summed E-state index contributed by atoms with van der Waals surface area (Å²) in [6, 6.07) is 3.42. The minimum Gasteiger partial charge on any atom is -0.308 e. The second-order valence-electron chi connectivity index (χ2n) is 4.67. The molecule has 0 amide bonds. The van der Waals surface area contributed by atoms with E-state index >= 15 is 0 Å². The van der Waals surface area contributed by atoms with Crippen molar-refractivity contribution >= 4 is 5.82 Å². The van der Waals surface area contributed by atoms with Gasteiger partial charge in [-0.05, 0) is 25.0 Å². The second-order valence-corrected chi connectivity index (χ2v) is 4.67. The van der Waals surface area contributed by atoms with Gasteiger partial charge in [0.05, 0.1) is 0 Å². The van der Waals surface area contributed by atoms with Gasteiger partial charge in [0.25, 0.3) is 0 Å². The molecule has 0 unspecified atom stereocenters. The van der Waals surface area contributed by atoms with Gasteiger partial charge in [-0.3, -0.25) is 0 Å². The molecule has 3 N–H and O–H groups in total. The molecule has 20 heavy (non-hydrogen) atoms. The third kappa shape index (κ3) is 2.32. The molecule has 0 radical (unpaired) electrons. The number of rotatable bonds is 3. The molecule has 0 saturated heterocycles. The zero-order valence-electron chi connectivity index (χ0n) is 10.3. The average Bonchev–Trinajstić information content (AvgIpc) is 3.28. The van der Waals surface area contributed by atoms with Gasteiger partial charge in [-0.2, -0.15) is 0 Å². The van der Waals surface area contributed by atoms with Crippen molar-refractivity contribution < 1.29 is 13.2 Å². The lowest BCUT2D eigenvalue weighted by Crippen LogP contribution is -2.10. The highest BCUT2D eigenvalue weighted by Crippen LogP contribution is 2.40. The fourth-order valence-corrected chi connectivity index (χ4v) is 1.94. The lowest BCUT2D eigenvalue weighted by Gasteiger charge is -2.08. The fourth-order valence-electron chi connectivity index (χ4n) is 1.94. The normalized spacial score (nSPS) is 14.4. The Labute approximate surface area is 112 Å². The molecule has 0 spiro atoms. The quantitative estimate of drug-likeness (QED) is 0.515. The first-order valence-corrected chi connectivity index (χ1v) is 6.09. The van der Waals surface area contributed by atoms with Crippen molar-refractivity contribution in [3.8, 4) is 11.4 Å². The van der Waals surface area contributed by atoms with Crippen LogP contribution in [0.4, 0.5) is 19.0 Å². The van der Waals surface area contributed by atoms with Crippen molar-refractivity contribution in [1.82, 2.24) is 9.97 Å².